The van der Waals surface area contributed by atoms with Crippen LogP contribution in [0.2, 0.25) is 0 Å². The Balaban J connectivity index is 1.63. The van der Waals surface area contributed by atoms with Crippen molar-refractivity contribution >= 4 is 0 Å². The topological polar surface area (TPSA) is 39.1 Å². The van der Waals surface area contributed by atoms with E-state index in [1.165, 1.54) is 0 Å². The van der Waals surface area contributed by atoms with E-state index in [4.69, 9.17) is 4.74 Å². The van der Waals surface area contributed by atoms with Gasteiger partial charge in [0.2, 0.25) is 0 Å². The van der Waals surface area contributed by atoms with E-state index in [1.807, 2.05) is 29.1 Å². The van der Waals surface area contributed by atoms with Crippen molar-refractivity contribution in [3.8, 4) is 5.69 Å². The molecular weight excluding hydrogens is 226 g/mol. The first-order valence-corrected chi connectivity index (χ1v) is 6.33. The lowest BCUT2D eigenvalue weighted by atomic mass is 10.2. The normalized spacial score (nSPS) is 19.2. The van der Waals surface area contributed by atoms with Gasteiger partial charge in [-0.2, -0.15) is 5.10 Å². The van der Waals surface area contributed by atoms with Crippen LogP contribution in [0, 0.1) is 0 Å². The number of hydrogen-bond donors (Lipinski definition) is 1. The highest BCUT2D eigenvalue weighted by Crippen LogP contribution is 2.08. The van der Waals surface area contributed by atoms with Crippen molar-refractivity contribution in [2.75, 3.05) is 13.2 Å². The lowest BCUT2D eigenvalue weighted by Crippen LogP contribution is -2.28. The van der Waals surface area contributed by atoms with Crippen LogP contribution in [0.1, 0.15) is 12.1 Å². The average molecular weight is 243 g/mol. The van der Waals surface area contributed by atoms with Gasteiger partial charge < -0.3 is 10.1 Å². The van der Waals surface area contributed by atoms with Gasteiger partial charge in [0.25, 0.3) is 0 Å². The minimum Gasteiger partial charge on any atom is -0.380 e. The molecule has 1 saturated heterocycles. The van der Waals surface area contributed by atoms with Crippen LogP contribution in [-0.2, 0) is 11.3 Å². The molecule has 1 atom stereocenters. The molecule has 1 N–H and O–H groups in total. The van der Waals surface area contributed by atoms with Gasteiger partial charge in [-0.15, -0.1) is 0 Å². The molecule has 18 heavy (non-hydrogen) atoms. The van der Waals surface area contributed by atoms with Crippen LogP contribution >= 0.6 is 0 Å². The smallest absolute Gasteiger partial charge is 0.0766 e. The van der Waals surface area contributed by atoms with Crippen LogP contribution < -0.4 is 5.32 Å². The average Bonchev–Trinajstić information content (AvgIpc) is 3.09. The standard InChI is InChI=1S/C14H17N3O/c1-2-4-14(5-3-1)17-8-6-12(16-17)10-15-13-7-9-18-11-13/h1-6,8,13,15H,7,9-11H2. The maximum Gasteiger partial charge on any atom is 0.0766 e. The third-order valence-electron chi connectivity index (χ3n) is 3.17. The Morgan fingerprint density at radius 2 is 2.17 bits per heavy atom. The Bertz CT molecular complexity index is 489. The predicted octanol–water partition coefficient (Wildman–Crippen LogP) is 1.75. The van der Waals surface area contributed by atoms with Gasteiger partial charge in [-0.1, -0.05) is 18.2 Å². The Kier molecular flexibility index (Phi) is 3.39. The lowest BCUT2D eigenvalue weighted by molar-refractivity contribution is 0.189. The first-order valence-electron chi connectivity index (χ1n) is 6.33. The first-order chi connectivity index (χ1) is 8.92. The van der Waals surface area contributed by atoms with E-state index in [9.17, 15) is 0 Å². The molecule has 0 saturated carbocycles. The SMILES string of the molecule is c1ccc(-n2ccc(CNC3CCOC3)n2)cc1. The maximum absolute atomic E-state index is 5.33. The minimum atomic E-state index is 0.479. The van der Waals surface area contributed by atoms with E-state index < -0.39 is 0 Å². The van der Waals surface area contributed by atoms with Crippen LogP contribution in [0.25, 0.3) is 5.69 Å². The molecule has 1 unspecified atom stereocenters. The quantitative estimate of drug-likeness (QED) is 0.889. The van der Waals surface area contributed by atoms with Gasteiger partial charge in [-0.3, -0.25) is 0 Å². The summed E-state index contributed by atoms with van der Waals surface area (Å²) in [4.78, 5) is 0. The van der Waals surface area contributed by atoms with Gasteiger partial charge in [0.05, 0.1) is 18.0 Å². The number of nitrogens with one attached hydrogen (secondary N) is 1. The highest BCUT2D eigenvalue weighted by atomic mass is 16.5. The summed E-state index contributed by atoms with van der Waals surface area (Å²) < 4.78 is 7.24. The number of nitrogens with zero attached hydrogens (tertiary/aromatic N) is 2. The minimum absolute atomic E-state index is 0.479. The summed E-state index contributed by atoms with van der Waals surface area (Å²) in [7, 11) is 0. The number of aromatic nitrogens is 2. The molecule has 1 aliphatic heterocycles. The summed E-state index contributed by atoms with van der Waals surface area (Å²) in [5.41, 5.74) is 2.15. The number of ether oxygens (including phenoxy) is 1. The molecule has 0 aliphatic carbocycles. The van der Waals surface area contributed by atoms with Crippen molar-refractivity contribution in [1.29, 1.82) is 0 Å². The van der Waals surface area contributed by atoms with Crippen LogP contribution in [0.5, 0.6) is 0 Å². The van der Waals surface area contributed by atoms with Crippen molar-refractivity contribution in [2.45, 2.75) is 19.0 Å². The maximum atomic E-state index is 5.33. The zero-order valence-corrected chi connectivity index (χ0v) is 10.2. The summed E-state index contributed by atoms with van der Waals surface area (Å²) in [6.45, 7) is 2.49. The third kappa shape index (κ3) is 2.60. The Morgan fingerprint density at radius 1 is 1.28 bits per heavy atom. The Morgan fingerprint density at radius 3 is 2.94 bits per heavy atom. The van der Waals surface area contributed by atoms with Crippen molar-refractivity contribution in [2.24, 2.45) is 0 Å². The summed E-state index contributed by atoms with van der Waals surface area (Å²) >= 11 is 0. The van der Waals surface area contributed by atoms with Crippen molar-refractivity contribution in [3.63, 3.8) is 0 Å². The number of para-hydroxylation sites is 1. The highest BCUT2D eigenvalue weighted by molar-refractivity contribution is 5.30. The predicted molar refractivity (Wildman–Crippen MR) is 69.6 cm³/mol. The molecule has 1 fully saturated rings. The van der Waals surface area contributed by atoms with E-state index in [1.54, 1.807) is 0 Å². The molecule has 4 heteroatoms. The molecule has 0 amide bonds. The second-order valence-electron chi connectivity index (χ2n) is 4.53. The number of hydrogen-bond acceptors (Lipinski definition) is 3. The van der Waals surface area contributed by atoms with Crippen LogP contribution in [0.3, 0.4) is 0 Å². The van der Waals surface area contributed by atoms with Crippen LogP contribution in [-0.4, -0.2) is 29.0 Å². The van der Waals surface area contributed by atoms with E-state index in [-0.39, 0.29) is 0 Å². The van der Waals surface area contributed by atoms with Crippen LogP contribution in [0.4, 0.5) is 0 Å². The molecule has 2 aromatic rings. The fraction of sp³-hybridized carbons (Fsp3) is 0.357. The third-order valence-corrected chi connectivity index (χ3v) is 3.17. The summed E-state index contributed by atoms with van der Waals surface area (Å²) in [6.07, 6.45) is 3.09. The molecule has 0 bridgehead atoms. The van der Waals surface area contributed by atoms with E-state index in [2.05, 4.69) is 28.6 Å². The number of benzene rings is 1. The van der Waals surface area contributed by atoms with Crippen molar-refractivity contribution in [3.05, 3.63) is 48.3 Å². The molecule has 94 valence electrons. The monoisotopic (exact) mass is 243 g/mol. The van der Waals surface area contributed by atoms with Crippen molar-refractivity contribution in [1.82, 2.24) is 15.1 Å². The van der Waals surface area contributed by atoms with Gasteiger partial charge in [0.1, 0.15) is 0 Å². The zero-order valence-electron chi connectivity index (χ0n) is 10.2. The van der Waals surface area contributed by atoms with E-state index in [0.29, 0.717) is 6.04 Å². The summed E-state index contributed by atoms with van der Waals surface area (Å²) in [5, 5.41) is 8.02. The molecule has 1 aromatic heterocycles. The second-order valence-corrected chi connectivity index (χ2v) is 4.53. The molecule has 1 aliphatic rings. The van der Waals surface area contributed by atoms with Gasteiger partial charge in [0, 0.05) is 25.4 Å². The van der Waals surface area contributed by atoms with Crippen LogP contribution in [0.15, 0.2) is 42.6 Å². The lowest BCUT2D eigenvalue weighted by Gasteiger charge is -2.08. The van der Waals surface area contributed by atoms with Crippen molar-refractivity contribution < 1.29 is 4.74 Å². The van der Waals surface area contributed by atoms with E-state index in [0.717, 1.165) is 37.6 Å². The molecule has 2 heterocycles. The van der Waals surface area contributed by atoms with Gasteiger partial charge in [-0.05, 0) is 24.6 Å². The zero-order chi connectivity index (χ0) is 12.2. The van der Waals surface area contributed by atoms with E-state index >= 15 is 0 Å². The Hall–Kier alpha value is -1.65. The summed E-state index contributed by atoms with van der Waals surface area (Å²) in [5.74, 6) is 0. The first kappa shape index (κ1) is 11.4. The van der Waals surface area contributed by atoms with Gasteiger partial charge in [-0.25, -0.2) is 4.68 Å². The molecule has 0 radical (unpaired) electrons. The second kappa shape index (κ2) is 5.33. The molecule has 0 spiro atoms. The fourth-order valence-corrected chi connectivity index (χ4v) is 2.12. The Labute approximate surface area is 107 Å². The number of rotatable bonds is 4. The van der Waals surface area contributed by atoms with Gasteiger partial charge in [0.15, 0.2) is 0 Å². The molecule has 1 aromatic carbocycles. The molecule has 3 rings (SSSR count). The highest BCUT2D eigenvalue weighted by Gasteiger charge is 2.14. The molecule has 4 nitrogen and oxygen atoms in total. The van der Waals surface area contributed by atoms with Gasteiger partial charge >= 0.3 is 0 Å². The largest absolute Gasteiger partial charge is 0.380 e. The summed E-state index contributed by atoms with van der Waals surface area (Å²) in [6, 6.07) is 12.7. The fourth-order valence-electron chi connectivity index (χ4n) is 2.12. The molecular formula is C14H17N3O.